The molecule has 6 nitrogen and oxygen atoms in total. The molecule has 0 aliphatic carbocycles. The maximum Gasteiger partial charge on any atom is 0.318 e. The standard InChI is InChI=1S/C32H33F2N4O2P/c1-31(2,3)37-30(40)38-16-14-25-23(20-7-4-9-22(17-20)32(33,34)41)12-13-26(27(25)19-38)29(39)36-18-21-8-5-11-28-24(21)10-6-15-35-28/h4-13,15,17H,14,16,18-19,41H2,1-3H3,(H,36,39)(H,37,40). The van der Waals surface area contributed by atoms with Crippen LogP contribution in [0.1, 0.15) is 53.4 Å². The molecule has 41 heavy (non-hydrogen) atoms. The number of benzene rings is 3. The Morgan fingerprint density at radius 2 is 1.78 bits per heavy atom. The van der Waals surface area contributed by atoms with Crippen molar-refractivity contribution in [3.63, 3.8) is 0 Å². The molecule has 0 saturated heterocycles. The van der Waals surface area contributed by atoms with E-state index in [1.54, 1.807) is 38.5 Å². The summed E-state index contributed by atoms with van der Waals surface area (Å²) in [6.45, 7) is 6.71. The third-order valence-electron chi connectivity index (χ3n) is 7.16. The Kier molecular flexibility index (Phi) is 7.80. The Morgan fingerprint density at radius 1 is 1.00 bits per heavy atom. The Labute approximate surface area is 240 Å². The zero-order chi connectivity index (χ0) is 29.4. The number of halogens is 2. The molecule has 1 aromatic heterocycles. The highest BCUT2D eigenvalue weighted by Gasteiger charge is 2.30. The fraction of sp³-hybridized carbons (Fsp3) is 0.281. The number of fused-ring (bicyclic) bond motifs is 2. The van der Waals surface area contributed by atoms with Crippen molar-refractivity contribution in [1.82, 2.24) is 20.5 Å². The van der Waals surface area contributed by atoms with Crippen LogP contribution in [0.5, 0.6) is 0 Å². The minimum absolute atomic E-state index is 0.109. The molecule has 1 unspecified atom stereocenters. The number of carbonyl (C=O) groups is 2. The molecule has 9 heteroatoms. The van der Waals surface area contributed by atoms with Crippen LogP contribution in [-0.4, -0.2) is 33.9 Å². The first-order valence-electron chi connectivity index (χ1n) is 13.5. The van der Waals surface area contributed by atoms with E-state index in [4.69, 9.17) is 0 Å². The Morgan fingerprint density at radius 3 is 2.54 bits per heavy atom. The molecule has 0 saturated carbocycles. The third-order valence-corrected chi connectivity index (χ3v) is 7.49. The van der Waals surface area contributed by atoms with E-state index in [1.165, 1.54) is 12.1 Å². The van der Waals surface area contributed by atoms with Gasteiger partial charge in [-0.2, -0.15) is 8.78 Å². The fourth-order valence-electron chi connectivity index (χ4n) is 5.22. The van der Waals surface area contributed by atoms with Crippen molar-refractivity contribution in [2.45, 2.75) is 51.5 Å². The minimum atomic E-state index is -3.06. The van der Waals surface area contributed by atoms with Crippen molar-refractivity contribution < 1.29 is 18.4 Å². The van der Waals surface area contributed by atoms with Gasteiger partial charge in [-0.1, -0.05) is 51.7 Å². The van der Waals surface area contributed by atoms with Crippen LogP contribution >= 0.6 is 9.24 Å². The fourth-order valence-corrected chi connectivity index (χ4v) is 5.40. The molecule has 0 spiro atoms. The maximum absolute atomic E-state index is 14.1. The first kappa shape index (κ1) is 28.6. The van der Waals surface area contributed by atoms with E-state index >= 15 is 0 Å². The van der Waals surface area contributed by atoms with Crippen molar-refractivity contribution in [1.29, 1.82) is 0 Å². The van der Waals surface area contributed by atoms with Crippen molar-refractivity contribution in [2.75, 3.05) is 6.54 Å². The van der Waals surface area contributed by atoms with Gasteiger partial charge >= 0.3 is 6.03 Å². The smallest absolute Gasteiger partial charge is 0.318 e. The summed E-state index contributed by atoms with van der Waals surface area (Å²) in [7, 11) is 1.58. The predicted octanol–water partition coefficient (Wildman–Crippen LogP) is 6.62. The number of rotatable bonds is 5. The van der Waals surface area contributed by atoms with Gasteiger partial charge in [-0.25, -0.2) is 4.79 Å². The van der Waals surface area contributed by atoms with Gasteiger partial charge in [0.1, 0.15) is 0 Å². The number of pyridine rings is 1. The first-order chi connectivity index (χ1) is 19.4. The highest BCUT2D eigenvalue weighted by molar-refractivity contribution is 7.17. The summed E-state index contributed by atoms with van der Waals surface area (Å²) in [5, 5.41) is 7.00. The van der Waals surface area contributed by atoms with Crippen LogP contribution < -0.4 is 10.6 Å². The molecule has 0 fully saturated rings. The lowest BCUT2D eigenvalue weighted by Gasteiger charge is -2.34. The predicted molar refractivity (Wildman–Crippen MR) is 161 cm³/mol. The molecular weight excluding hydrogens is 541 g/mol. The SMILES string of the molecule is CC(C)(C)NC(=O)N1CCc2c(-c3cccc(C(F)(F)P)c3)ccc(C(=O)NCc3cccc4ncccc34)c2C1. The number of alkyl halides is 2. The molecule has 212 valence electrons. The second-order valence-corrected chi connectivity index (χ2v) is 12.1. The zero-order valence-corrected chi connectivity index (χ0v) is 24.5. The number of hydrogen-bond acceptors (Lipinski definition) is 3. The monoisotopic (exact) mass is 574 g/mol. The van der Waals surface area contributed by atoms with Crippen LogP contribution in [0.25, 0.3) is 22.0 Å². The van der Waals surface area contributed by atoms with Crippen molar-refractivity contribution >= 4 is 32.1 Å². The van der Waals surface area contributed by atoms with E-state index in [2.05, 4.69) is 15.6 Å². The molecule has 3 amide bonds. The van der Waals surface area contributed by atoms with Gasteiger partial charge in [-0.15, -0.1) is 0 Å². The van der Waals surface area contributed by atoms with Gasteiger partial charge in [-0.05, 0) is 79.3 Å². The lowest BCUT2D eigenvalue weighted by atomic mass is 9.87. The first-order valence-corrected chi connectivity index (χ1v) is 14.1. The van der Waals surface area contributed by atoms with Crippen LogP contribution in [-0.2, 0) is 25.2 Å². The van der Waals surface area contributed by atoms with Gasteiger partial charge in [0.2, 0.25) is 0 Å². The number of hydrogen-bond donors (Lipinski definition) is 2. The normalized spacial score (nSPS) is 13.6. The summed E-state index contributed by atoms with van der Waals surface area (Å²) in [6.07, 6.45) is 2.22. The molecule has 1 atom stereocenters. The lowest BCUT2D eigenvalue weighted by Crippen LogP contribution is -2.50. The maximum atomic E-state index is 14.1. The number of carbonyl (C=O) groups excluding carboxylic acids is 2. The van der Waals surface area contributed by atoms with Crippen LogP contribution in [0, 0.1) is 0 Å². The summed E-state index contributed by atoms with van der Waals surface area (Å²) in [5.74, 6) is -0.267. The third kappa shape index (κ3) is 6.38. The number of urea groups is 1. The molecule has 1 aliphatic heterocycles. The van der Waals surface area contributed by atoms with Gasteiger partial charge in [-0.3, -0.25) is 9.78 Å². The molecular formula is C32H33F2N4O2P. The van der Waals surface area contributed by atoms with Crippen molar-refractivity contribution in [3.8, 4) is 11.1 Å². The average molecular weight is 575 g/mol. The van der Waals surface area contributed by atoms with E-state index in [0.29, 0.717) is 30.6 Å². The number of nitrogens with zero attached hydrogens (tertiary/aromatic N) is 2. The summed E-state index contributed by atoms with van der Waals surface area (Å²) in [4.78, 5) is 32.8. The number of aromatic nitrogens is 1. The Balaban J connectivity index is 1.50. The van der Waals surface area contributed by atoms with Crippen molar-refractivity contribution in [2.24, 2.45) is 0 Å². The van der Waals surface area contributed by atoms with Gasteiger partial charge in [0.05, 0.1) is 5.52 Å². The molecule has 0 bridgehead atoms. The Hall–Kier alpha value is -3.90. The van der Waals surface area contributed by atoms with E-state index in [1.807, 2.05) is 57.2 Å². The minimum Gasteiger partial charge on any atom is -0.348 e. The molecule has 2 heterocycles. The summed E-state index contributed by atoms with van der Waals surface area (Å²) >= 11 is 0. The molecule has 1 aliphatic rings. The number of nitrogens with one attached hydrogen (secondary N) is 2. The average Bonchev–Trinajstić information content (AvgIpc) is 2.93. The van der Waals surface area contributed by atoms with Gasteiger partial charge < -0.3 is 15.5 Å². The topological polar surface area (TPSA) is 74.3 Å². The quantitative estimate of drug-likeness (QED) is 0.263. The second-order valence-electron chi connectivity index (χ2n) is 11.3. The van der Waals surface area contributed by atoms with E-state index in [9.17, 15) is 18.4 Å². The summed E-state index contributed by atoms with van der Waals surface area (Å²) in [6, 6.07) is 19.2. The van der Waals surface area contributed by atoms with Crippen LogP contribution in [0.2, 0.25) is 0 Å². The van der Waals surface area contributed by atoms with E-state index in [0.717, 1.165) is 33.2 Å². The summed E-state index contributed by atoms with van der Waals surface area (Å²) in [5.41, 5.74) is 1.69. The van der Waals surface area contributed by atoms with Crippen LogP contribution in [0.15, 0.2) is 72.9 Å². The highest BCUT2D eigenvalue weighted by atomic mass is 31.0. The van der Waals surface area contributed by atoms with Crippen LogP contribution in [0.4, 0.5) is 13.6 Å². The lowest BCUT2D eigenvalue weighted by molar-refractivity contribution is 0.0947. The second kappa shape index (κ2) is 11.2. The Bertz CT molecular complexity index is 1620. The van der Waals surface area contributed by atoms with Crippen molar-refractivity contribution in [3.05, 3.63) is 101 Å². The largest absolute Gasteiger partial charge is 0.348 e. The highest BCUT2D eigenvalue weighted by Crippen LogP contribution is 2.38. The van der Waals surface area contributed by atoms with Crippen LogP contribution in [0.3, 0.4) is 0 Å². The van der Waals surface area contributed by atoms with Gasteiger partial charge in [0, 0.05) is 47.9 Å². The zero-order valence-electron chi connectivity index (χ0n) is 23.3. The molecule has 3 aromatic carbocycles. The summed E-state index contributed by atoms with van der Waals surface area (Å²) < 4.78 is 28.2. The number of amides is 3. The molecule has 0 radical (unpaired) electrons. The molecule has 2 N–H and O–H groups in total. The van der Waals surface area contributed by atoms with Gasteiger partial charge in [0.25, 0.3) is 11.6 Å². The van der Waals surface area contributed by atoms with Gasteiger partial charge in [0.15, 0.2) is 0 Å². The molecule has 4 aromatic rings. The molecule has 5 rings (SSSR count). The van der Waals surface area contributed by atoms with E-state index < -0.39 is 11.2 Å². The van der Waals surface area contributed by atoms with E-state index in [-0.39, 0.29) is 24.0 Å².